The largest absolute Gasteiger partial charge is 0.466 e. The van der Waals surface area contributed by atoms with E-state index >= 15 is 0 Å². The van der Waals surface area contributed by atoms with Crippen LogP contribution in [0.3, 0.4) is 0 Å². The van der Waals surface area contributed by atoms with E-state index in [1.54, 1.807) is 0 Å². The number of hydrogen-bond acceptors (Lipinski definition) is 4. The van der Waals surface area contributed by atoms with Crippen LogP contribution in [0.25, 0.3) is 0 Å². The predicted molar refractivity (Wildman–Crippen MR) is 190 cm³/mol. The lowest BCUT2D eigenvalue weighted by atomic mass is 10.1. The first-order chi connectivity index (χ1) is 21.6. The molecule has 0 aliphatic heterocycles. The number of carbonyl (C=O) groups excluding carboxylic acids is 2. The predicted octanol–water partition coefficient (Wildman–Crippen LogP) is 12.9. The van der Waals surface area contributed by atoms with Gasteiger partial charge in [-0.3, -0.25) is 9.59 Å². The van der Waals surface area contributed by atoms with E-state index in [1.807, 2.05) is 6.92 Å². The molecule has 0 heterocycles. The van der Waals surface area contributed by atoms with E-state index < -0.39 is 0 Å². The van der Waals surface area contributed by atoms with Gasteiger partial charge in [-0.15, -0.1) is 0 Å². The summed E-state index contributed by atoms with van der Waals surface area (Å²) < 4.78 is 10.9. The van der Waals surface area contributed by atoms with Crippen molar-refractivity contribution in [2.45, 2.75) is 213 Å². The molecule has 0 bridgehead atoms. The van der Waals surface area contributed by atoms with Gasteiger partial charge in [-0.05, 0) is 71.1 Å². The summed E-state index contributed by atoms with van der Waals surface area (Å²) in [6, 6.07) is 0. The molecule has 0 amide bonds. The normalized spacial score (nSPS) is 12.3. The number of allylic oxidation sites excluding steroid dienone is 4. The molecule has 0 rings (SSSR count). The standard InChI is InChI=1S/C40H74O4/c1-4-6-8-10-12-14-16-18-20-22-24-26-28-30-32-34-39(41)43-37-36-38(3)44-40(42)35-33-31-29-27-25-23-21-19-17-15-13-11-9-7-5-2/h18-21,38H,4-17,22-37H2,1-3H3. The Bertz CT molecular complexity index is 668. The number of ether oxygens (including phenoxy) is 2. The van der Waals surface area contributed by atoms with Crippen LogP contribution in [0.15, 0.2) is 24.3 Å². The maximum Gasteiger partial charge on any atom is 0.306 e. The van der Waals surface area contributed by atoms with Crippen molar-refractivity contribution in [3.8, 4) is 0 Å². The molecule has 0 aliphatic carbocycles. The van der Waals surface area contributed by atoms with Crippen LogP contribution in [0.1, 0.15) is 207 Å². The van der Waals surface area contributed by atoms with E-state index in [0.717, 1.165) is 25.7 Å². The van der Waals surface area contributed by atoms with Crippen LogP contribution in [0.5, 0.6) is 0 Å². The van der Waals surface area contributed by atoms with Gasteiger partial charge >= 0.3 is 11.9 Å². The lowest BCUT2D eigenvalue weighted by Crippen LogP contribution is -2.18. The van der Waals surface area contributed by atoms with Crippen molar-refractivity contribution in [1.29, 1.82) is 0 Å². The monoisotopic (exact) mass is 619 g/mol. The van der Waals surface area contributed by atoms with Gasteiger partial charge in [0.05, 0.1) is 6.61 Å². The van der Waals surface area contributed by atoms with Gasteiger partial charge in [0.1, 0.15) is 6.10 Å². The summed E-state index contributed by atoms with van der Waals surface area (Å²) in [5, 5.41) is 0. The molecule has 4 nitrogen and oxygen atoms in total. The minimum atomic E-state index is -0.210. The highest BCUT2D eigenvalue weighted by Crippen LogP contribution is 2.13. The average molecular weight is 619 g/mol. The first-order valence-corrected chi connectivity index (χ1v) is 19.2. The van der Waals surface area contributed by atoms with Crippen molar-refractivity contribution >= 4 is 11.9 Å². The third kappa shape index (κ3) is 34.9. The minimum Gasteiger partial charge on any atom is -0.466 e. The summed E-state index contributed by atoms with van der Waals surface area (Å²) >= 11 is 0. The average Bonchev–Trinajstić information content (AvgIpc) is 3.01. The fraction of sp³-hybridized carbons (Fsp3) is 0.850. The van der Waals surface area contributed by atoms with Crippen molar-refractivity contribution in [3.63, 3.8) is 0 Å². The molecule has 0 radical (unpaired) electrons. The quantitative estimate of drug-likeness (QED) is 0.0409. The van der Waals surface area contributed by atoms with E-state index in [4.69, 9.17) is 9.47 Å². The van der Waals surface area contributed by atoms with Gasteiger partial charge < -0.3 is 9.47 Å². The Morgan fingerprint density at radius 3 is 1.23 bits per heavy atom. The fourth-order valence-corrected chi connectivity index (χ4v) is 5.43. The van der Waals surface area contributed by atoms with Gasteiger partial charge in [0.2, 0.25) is 0 Å². The Morgan fingerprint density at radius 1 is 0.477 bits per heavy atom. The maximum absolute atomic E-state index is 12.1. The molecule has 0 N–H and O–H groups in total. The second kappa shape index (κ2) is 35.9. The summed E-state index contributed by atoms with van der Waals surface area (Å²) in [5.74, 6) is -0.260. The number of carbonyl (C=O) groups is 2. The van der Waals surface area contributed by atoms with Crippen molar-refractivity contribution in [1.82, 2.24) is 0 Å². The smallest absolute Gasteiger partial charge is 0.306 e. The van der Waals surface area contributed by atoms with Gasteiger partial charge in [0, 0.05) is 19.3 Å². The molecule has 44 heavy (non-hydrogen) atoms. The van der Waals surface area contributed by atoms with Crippen LogP contribution in [0.2, 0.25) is 0 Å². The van der Waals surface area contributed by atoms with Crippen LogP contribution in [0.4, 0.5) is 0 Å². The van der Waals surface area contributed by atoms with Crippen molar-refractivity contribution < 1.29 is 19.1 Å². The molecule has 0 saturated carbocycles. The Balaban J connectivity index is 3.45. The topological polar surface area (TPSA) is 52.6 Å². The Labute approximate surface area is 274 Å². The number of hydrogen-bond donors (Lipinski definition) is 0. The highest BCUT2D eigenvalue weighted by atomic mass is 16.6. The number of esters is 2. The number of rotatable bonds is 34. The van der Waals surface area contributed by atoms with Gasteiger partial charge in [-0.2, -0.15) is 0 Å². The second-order valence-electron chi connectivity index (χ2n) is 13.0. The van der Waals surface area contributed by atoms with Gasteiger partial charge in [-0.1, -0.05) is 141 Å². The molecule has 0 spiro atoms. The zero-order valence-electron chi connectivity index (χ0n) is 29.7. The van der Waals surface area contributed by atoms with Crippen LogP contribution >= 0.6 is 0 Å². The van der Waals surface area contributed by atoms with Gasteiger partial charge in [-0.25, -0.2) is 0 Å². The second-order valence-corrected chi connectivity index (χ2v) is 13.0. The fourth-order valence-electron chi connectivity index (χ4n) is 5.43. The van der Waals surface area contributed by atoms with Crippen molar-refractivity contribution in [3.05, 3.63) is 24.3 Å². The Morgan fingerprint density at radius 2 is 0.818 bits per heavy atom. The van der Waals surface area contributed by atoms with Gasteiger partial charge in [0.15, 0.2) is 0 Å². The first kappa shape index (κ1) is 42.4. The molecule has 258 valence electrons. The molecule has 0 aliphatic rings. The molecule has 4 heteroatoms. The molecule has 0 saturated heterocycles. The minimum absolute atomic E-state index is 0.130. The van der Waals surface area contributed by atoms with E-state index in [2.05, 4.69) is 38.2 Å². The first-order valence-electron chi connectivity index (χ1n) is 19.2. The SMILES string of the molecule is CCCCCCCCC=CCCCCCCCC(=O)OCCC(C)OC(=O)CCCCCCCC=CCCCCCCCC. The number of unbranched alkanes of at least 4 members (excludes halogenated alkanes) is 22. The lowest BCUT2D eigenvalue weighted by Gasteiger charge is -2.13. The third-order valence-corrected chi connectivity index (χ3v) is 8.41. The Kier molecular flexibility index (Phi) is 34.6. The summed E-state index contributed by atoms with van der Waals surface area (Å²) in [6.45, 7) is 6.74. The summed E-state index contributed by atoms with van der Waals surface area (Å²) in [4.78, 5) is 24.1. The Hall–Kier alpha value is -1.58. The van der Waals surface area contributed by atoms with Crippen molar-refractivity contribution in [2.75, 3.05) is 6.61 Å². The maximum atomic E-state index is 12.1. The molecule has 0 aromatic carbocycles. The molecular formula is C40H74O4. The molecule has 1 unspecified atom stereocenters. The molecular weight excluding hydrogens is 544 g/mol. The summed E-state index contributed by atoms with van der Waals surface area (Å²) in [6.07, 6.45) is 43.2. The van der Waals surface area contributed by atoms with Crippen molar-refractivity contribution in [2.24, 2.45) is 0 Å². The van der Waals surface area contributed by atoms with Crippen LogP contribution in [-0.4, -0.2) is 24.6 Å². The third-order valence-electron chi connectivity index (χ3n) is 8.41. The molecule has 0 aromatic heterocycles. The van der Waals surface area contributed by atoms with E-state index in [1.165, 1.54) is 141 Å². The molecule has 1 atom stereocenters. The molecule has 0 fully saturated rings. The van der Waals surface area contributed by atoms with E-state index in [9.17, 15) is 9.59 Å². The highest BCUT2D eigenvalue weighted by Gasteiger charge is 2.11. The zero-order valence-corrected chi connectivity index (χ0v) is 29.7. The zero-order chi connectivity index (χ0) is 32.2. The van der Waals surface area contributed by atoms with Crippen LogP contribution in [-0.2, 0) is 19.1 Å². The molecule has 0 aromatic rings. The van der Waals surface area contributed by atoms with Crippen LogP contribution in [0, 0.1) is 0 Å². The highest BCUT2D eigenvalue weighted by molar-refractivity contribution is 5.69. The van der Waals surface area contributed by atoms with Crippen LogP contribution < -0.4 is 0 Å². The van der Waals surface area contributed by atoms with Gasteiger partial charge in [0.25, 0.3) is 0 Å². The summed E-state index contributed by atoms with van der Waals surface area (Å²) in [7, 11) is 0. The van der Waals surface area contributed by atoms with E-state index in [-0.39, 0.29) is 18.0 Å². The summed E-state index contributed by atoms with van der Waals surface area (Å²) in [5.41, 5.74) is 0. The van der Waals surface area contributed by atoms with E-state index in [0.29, 0.717) is 25.9 Å². The lowest BCUT2D eigenvalue weighted by molar-refractivity contribution is -0.150.